The van der Waals surface area contributed by atoms with Crippen molar-refractivity contribution in [1.82, 2.24) is 0 Å². The summed E-state index contributed by atoms with van der Waals surface area (Å²) < 4.78 is 24.3. The molecule has 0 unspecified atom stereocenters. The molecule has 0 bridgehead atoms. The number of amides is 1. The highest BCUT2D eigenvalue weighted by molar-refractivity contribution is 6.25. The molecule has 166 valence electrons. The van der Waals surface area contributed by atoms with Gasteiger partial charge in [0.1, 0.15) is 28.9 Å². The third kappa shape index (κ3) is 3.06. The van der Waals surface area contributed by atoms with Crippen LogP contribution in [0.4, 0.5) is 10.1 Å². The number of para-hydroxylation sites is 1. The van der Waals surface area contributed by atoms with Crippen molar-refractivity contribution in [2.45, 2.75) is 5.60 Å². The first kappa shape index (κ1) is 20.7. The number of hydrogen-bond donors (Lipinski definition) is 1. The Morgan fingerprint density at radius 2 is 1.82 bits per heavy atom. The van der Waals surface area contributed by atoms with Crippen LogP contribution in [0.2, 0.25) is 0 Å². The van der Waals surface area contributed by atoms with E-state index in [-0.39, 0.29) is 17.0 Å². The first-order valence-electron chi connectivity index (χ1n) is 10.2. The van der Waals surface area contributed by atoms with Crippen LogP contribution in [-0.2, 0) is 15.2 Å². The van der Waals surface area contributed by atoms with Crippen LogP contribution < -0.4 is 14.8 Å². The molecule has 0 aliphatic carbocycles. The van der Waals surface area contributed by atoms with Gasteiger partial charge in [0.05, 0.1) is 19.8 Å². The SMILES string of the molecule is COc1ccc(C(=O)[C@H]2C(c3ccc(F)cc3)=NO[C@]23C(=O)Nc2ccccc23)c(OC)c1. The third-order valence-electron chi connectivity index (χ3n) is 5.96. The number of oxime groups is 1. The number of ketones is 1. The molecular formula is C25H19FN2O5. The van der Waals surface area contributed by atoms with Gasteiger partial charge < -0.3 is 19.6 Å². The number of fused-ring (bicyclic) bond motifs is 2. The van der Waals surface area contributed by atoms with E-state index >= 15 is 0 Å². The predicted octanol–water partition coefficient (Wildman–Crippen LogP) is 3.92. The quantitative estimate of drug-likeness (QED) is 0.601. The van der Waals surface area contributed by atoms with Crippen molar-refractivity contribution < 1.29 is 28.3 Å². The summed E-state index contributed by atoms with van der Waals surface area (Å²) in [6, 6.07) is 17.3. The Morgan fingerprint density at radius 3 is 2.55 bits per heavy atom. The Morgan fingerprint density at radius 1 is 1.06 bits per heavy atom. The average molecular weight is 446 g/mol. The zero-order valence-corrected chi connectivity index (χ0v) is 17.8. The summed E-state index contributed by atoms with van der Waals surface area (Å²) in [5.74, 6) is -1.72. The number of halogens is 1. The van der Waals surface area contributed by atoms with Gasteiger partial charge in [0.25, 0.3) is 11.5 Å². The van der Waals surface area contributed by atoms with Crippen molar-refractivity contribution in [1.29, 1.82) is 0 Å². The maximum absolute atomic E-state index is 14.1. The number of hydrogen-bond acceptors (Lipinski definition) is 6. The molecule has 0 radical (unpaired) electrons. The number of nitrogens with zero attached hydrogens (tertiary/aromatic N) is 1. The Balaban J connectivity index is 1.70. The fourth-order valence-corrected chi connectivity index (χ4v) is 4.36. The number of anilines is 1. The van der Waals surface area contributed by atoms with Crippen LogP contribution in [0.1, 0.15) is 21.5 Å². The van der Waals surface area contributed by atoms with E-state index in [4.69, 9.17) is 14.3 Å². The molecule has 1 amide bonds. The standard InChI is InChI=1S/C25H19FN2O5/c1-31-16-11-12-17(20(13-16)32-2)23(29)21-22(14-7-9-15(26)10-8-14)28-33-25(21)18-5-3-4-6-19(18)27-24(25)30/h3-13,21H,1-2H3,(H,27,30)/t21-,25+/m1/s1. The van der Waals surface area contributed by atoms with E-state index < -0.39 is 29.0 Å². The van der Waals surface area contributed by atoms with E-state index in [0.717, 1.165) is 0 Å². The smallest absolute Gasteiger partial charge is 0.277 e. The van der Waals surface area contributed by atoms with Gasteiger partial charge in [0, 0.05) is 22.9 Å². The highest BCUT2D eigenvalue weighted by atomic mass is 19.1. The molecule has 0 fully saturated rings. The summed E-state index contributed by atoms with van der Waals surface area (Å²) in [5, 5.41) is 6.98. The molecule has 8 heteroatoms. The molecule has 1 N–H and O–H groups in total. The molecule has 5 rings (SSSR count). The number of carbonyl (C=O) groups is 2. The summed E-state index contributed by atoms with van der Waals surface area (Å²) in [5.41, 5.74) is 0.267. The van der Waals surface area contributed by atoms with Crippen LogP contribution in [0.15, 0.2) is 71.9 Å². The number of carbonyl (C=O) groups excluding carboxylic acids is 2. The molecule has 1 spiro atoms. The van der Waals surface area contributed by atoms with E-state index in [1.165, 1.54) is 38.5 Å². The summed E-state index contributed by atoms with van der Waals surface area (Å²) in [4.78, 5) is 33.2. The number of Topliss-reactive ketones (excluding diaryl/α,β-unsaturated/α-hetero) is 1. The topological polar surface area (TPSA) is 86.2 Å². The molecule has 0 saturated heterocycles. The number of benzene rings is 3. The van der Waals surface area contributed by atoms with Crippen LogP contribution in [-0.4, -0.2) is 31.6 Å². The van der Waals surface area contributed by atoms with Crippen molar-refractivity contribution in [2.24, 2.45) is 11.1 Å². The van der Waals surface area contributed by atoms with E-state index in [9.17, 15) is 14.0 Å². The summed E-state index contributed by atoms with van der Waals surface area (Å²) in [6.07, 6.45) is 0. The number of nitrogens with one attached hydrogen (secondary N) is 1. The van der Waals surface area contributed by atoms with Gasteiger partial charge in [0.2, 0.25) is 0 Å². The van der Waals surface area contributed by atoms with Crippen molar-refractivity contribution in [2.75, 3.05) is 19.5 Å². The fourth-order valence-electron chi connectivity index (χ4n) is 4.36. The van der Waals surface area contributed by atoms with Crippen molar-refractivity contribution in [3.63, 3.8) is 0 Å². The second-order valence-electron chi connectivity index (χ2n) is 7.67. The van der Waals surface area contributed by atoms with E-state index in [0.29, 0.717) is 22.6 Å². The van der Waals surface area contributed by atoms with Crippen LogP contribution in [0.5, 0.6) is 11.5 Å². The second-order valence-corrected chi connectivity index (χ2v) is 7.67. The molecule has 2 heterocycles. The number of methoxy groups -OCH3 is 2. The Kier molecular flexibility index (Phi) is 4.85. The normalized spacial score (nSPS) is 20.6. The Labute approximate surface area is 188 Å². The van der Waals surface area contributed by atoms with Crippen LogP contribution in [0, 0.1) is 11.7 Å². The highest BCUT2D eigenvalue weighted by Crippen LogP contribution is 2.50. The minimum absolute atomic E-state index is 0.227. The average Bonchev–Trinajstić information content (AvgIpc) is 3.37. The minimum Gasteiger partial charge on any atom is -0.497 e. The van der Waals surface area contributed by atoms with Crippen LogP contribution in [0.25, 0.3) is 0 Å². The maximum atomic E-state index is 14.1. The van der Waals surface area contributed by atoms with Crippen molar-refractivity contribution in [3.05, 3.63) is 89.2 Å². The third-order valence-corrected chi connectivity index (χ3v) is 5.96. The summed E-state index contributed by atoms with van der Waals surface area (Å²) in [7, 11) is 2.95. The molecule has 3 aromatic rings. The van der Waals surface area contributed by atoms with E-state index in [1.807, 2.05) is 0 Å². The summed E-state index contributed by atoms with van der Waals surface area (Å²) in [6.45, 7) is 0. The first-order chi connectivity index (χ1) is 16.0. The van der Waals surface area contributed by atoms with Gasteiger partial charge in [-0.25, -0.2) is 4.39 Å². The fraction of sp³-hybridized carbons (Fsp3) is 0.160. The van der Waals surface area contributed by atoms with Gasteiger partial charge in [0.15, 0.2) is 5.78 Å². The lowest BCUT2D eigenvalue weighted by Crippen LogP contribution is -2.46. The maximum Gasteiger partial charge on any atom is 0.277 e. The van der Waals surface area contributed by atoms with Gasteiger partial charge in [-0.3, -0.25) is 9.59 Å². The molecule has 3 aromatic carbocycles. The van der Waals surface area contributed by atoms with E-state index in [1.54, 1.807) is 42.5 Å². The van der Waals surface area contributed by atoms with Crippen molar-refractivity contribution in [3.8, 4) is 11.5 Å². The van der Waals surface area contributed by atoms with E-state index in [2.05, 4.69) is 10.5 Å². The molecule has 0 aromatic heterocycles. The predicted molar refractivity (Wildman–Crippen MR) is 118 cm³/mol. The van der Waals surface area contributed by atoms with Crippen LogP contribution >= 0.6 is 0 Å². The molecule has 0 saturated carbocycles. The molecule has 7 nitrogen and oxygen atoms in total. The van der Waals surface area contributed by atoms with Crippen molar-refractivity contribution >= 4 is 23.1 Å². The lowest BCUT2D eigenvalue weighted by atomic mass is 9.74. The summed E-state index contributed by atoms with van der Waals surface area (Å²) >= 11 is 0. The monoisotopic (exact) mass is 446 g/mol. The molecule has 33 heavy (non-hydrogen) atoms. The van der Waals surface area contributed by atoms with Gasteiger partial charge in [-0.2, -0.15) is 0 Å². The molecule has 2 atom stereocenters. The second kappa shape index (κ2) is 7.74. The lowest BCUT2D eigenvalue weighted by molar-refractivity contribution is -0.140. The Bertz CT molecular complexity index is 1300. The number of rotatable bonds is 5. The highest BCUT2D eigenvalue weighted by Gasteiger charge is 2.63. The largest absolute Gasteiger partial charge is 0.497 e. The lowest BCUT2D eigenvalue weighted by Gasteiger charge is -2.27. The van der Waals surface area contributed by atoms with Gasteiger partial charge in [-0.15, -0.1) is 0 Å². The molecule has 2 aliphatic heterocycles. The molecular weight excluding hydrogens is 427 g/mol. The van der Waals surface area contributed by atoms with Gasteiger partial charge >= 0.3 is 0 Å². The zero-order chi connectivity index (χ0) is 23.2. The van der Waals surface area contributed by atoms with Crippen LogP contribution in [0.3, 0.4) is 0 Å². The zero-order valence-electron chi connectivity index (χ0n) is 17.8. The molecule has 2 aliphatic rings. The van der Waals surface area contributed by atoms with Gasteiger partial charge in [-0.1, -0.05) is 35.5 Å². The Hall–Kier alpha value is -4.20. The first-order valence-corrected chi connectivity index (χ1v) is 10.2. The minimum atomic E-state index is -1.71. The van der Waals surface area contributed by atoms with Gasteiger partial charge in [-0.05, 0) is 30.3 Å². The number of ether oxygens (including phenoxy) is 2.